The van der Waals surface area contributed by atoms with Crippen molar-refractivity contribution >= 4 is 0 Å². The summed E-state index contributed by atoms with van der Waals surface area (Å²) in [5, 5.41) is 17.3. The van der Waals surface area contributed by atoms with E-state index in [2.05, 4.69) is 39.8 Å². The van der Waals surface area contributed by atoms with Crippen molar-refractivity contribution in [3.05, 3.63) is 70.8 Å². The molecule has 0 fully saturated rings. The van der Waals surface area contributed by atoms with Gasteiger partial charge in [-0.15, -0.1) is 0 Å². The highest BCUT2D eigenvalue weighted by atomic mass is 14.2. The highest BCUT2D eigenvalue weighted by molar-refractivity contribution is 5.39. The van der Waals surface area contributed by atoms with Crippen molar-refractivity contribution < 1.29 is 0 Å². The van der Waals surface area contributed by atoms with Crippen LogP contribution in [0.1, 0.15) is 61.8 Å². The summed E-state index contributed by atoms with van der Waals surface area (Å²) in [5.41, 5.74) is 3.90. The number of hydrogen-bond acceptors (Lipinski definition) is 2. The van der Waals surface area contributed by atoms with Gasteiger partial charge in [0, 0.05) is 0 Å². The number of nitrogens with zero attached hydrogens (tertiary/aromatic N) is 2. The van der Waals surface area contributed by atoms with Gasteiger partial charge < -0.3 is 0 Å². The first-order valence-corrected chi connectivity index (χ1v) is 7.48. The maximum atomic E-state index is 8.72. The predicted octanol–water partition coefficient (Wildman–Crippen LogP) is 5.36. The van der Waals surface area contributed by atoms with Gasteiger partial charge in [-0.1, -0.05) is 58.0 Å². The standard InChI is InChI=1S/2C10H11N/c1-8(2)10-5-3-4-9(6-10)7-11;1-8(2)10-6-4-3-5-9(10)7-11/h2*3-6,8H,1-2H3. The second-order valence-corrected chi connectivity index (χ2v) is 5.75. The molecule has 0 saturated carbocycles. The first-order valence-electron chi connectivity index (χ1n) is 7.48. The minimum Gasteiger partial charge on any atom is -0.192 e. The van der Waals surface area contributed by atoms with Gasteiger partial charge >= 0.3 is 0 Å². The lowest BCUT2D eigenvalue weighted by atomic mass is 9.98. The third-order valence-corrected chi connectivity index (χ3v) is 3.39. The van der Waals surface area contributed by atoms with Gasteiger partial charge in [0.2, 0.25) is 0 Å². The molecule has 0 bridgehead atoms. The third kappa shape index (κ3) is 5.08. The van der Waals surface area contributed by atoms with E-state index in [1.165, 1.54) is 5.56 Å². The zero-order valence-electron chi connectivity index (χ0n) is 13.7. The Morgan fingerprint density at radius 1 is 0.773 bits per heavy atom. The molecule has 22 heavy (non-hydrogen) atoms. The van der Waals surface area contributed by atoms with E-state index in [0.717, 1.165) is 16.7 Å². The molecule has 0 aliphatic rings. The smallest absolute Gasteiger partial charge is 0.0994 e. The molecule has 0 spiro atoms. The Balaban J connectivity index is 0.000000220. The average molecular weight is 290 g/mol. The SMILES string of the molecule is CC(C)c1cccc(C#N)c1.CC(C)c1ccccc1C#N. The highest BCUT2D eigenvalue weighted by Crippen LogP contribution is 2.17. The Hall–Kier alpha value is -2.58. The molecule has 0 aromatic heterocycles. The van der Waals surface area contributed by atoms with Crippen LogP contribution in [0, 0.1) is 22.7 Å². The maximum absolute atomic E-state index is 8.72. The van der Waals surface area contributed by atoms with Gasteiger partial charge in [-0.3, -0.25) is 0 Å². The molecule has 0 N–H and O–H groups in total. The monoisotopic (exact) mass is 290 g/mol. The molecule has 0 amide bonds. The highest BCUT2D eigenvalue weighted by Gasteiger charge is 2.03. The van der Waals surface area contributed by atoms with Crippen LogP contribution in [-0.4, -0.2) is 0 Å². The van der Waals surface area contributed by atoms with Crippen molar-refractivity contribution in [2.24, 2.45) is 0 Å². The molecular formula is C20H22N2. The molecule has 2 aromatic rings. The van der Waals surface area contributed by atoms with Gasteiger partial charge in [0.05, 0.1) is 23.3 Å². The van der Waals surface area contributed by atoms with E-state index in [-0.39, 0.29) is 0 Å². The molecule has 0 aliphatic carbocycles. The molecular weight excluding hydrogens is 268 g/mol. The van der Waals surface area contributed by atoms with Gasteiger partial charge in [0.25, 0.3) is 0 Å². The topological polar surface area (TPSA) is 47.6 Å². The second-order valence-electron chi connectivity index (χ2n) is 5.75. The number of hydrogen-bond donors (Lipinski definition) is 0. The molecule has 0 aliphatic heterocycles. The summed E-state index contributed by atoms with van der Waals surface area (Å²) in [5.74, 6) is 0.939. The molecule has 0 unspecified atom stereocenters. The van der Waals surface area contributed by atoms with E-state index in [0.29, 0.717) is 11.8 Å². The fourth-order valence-corrected chi connectivity index (χ4v) is 2.07. The minimum absolute atomic E-state index is 0.436. The van der Waals surface area contributed by atoms with Crippen molar-refractivity contribution in [2.75, 3.05) is 0 Å². The second kappa shape index (κ2) is 8.65. The molecule has 2 aromatic carbocycles. The predicted molar refractivity (Wildman–Crippen MR) is 90.5 cm³/mol. The van der Waals surface area contributed by atoms with Crippen molar-refractivity contribution in [2.45, 2.75) is 39.5 Å². The lowest BCUT2D eigenvalue weighted by Gasteiger charge is -2.05. The first kappa shape index (κ1) is 17.5. The summed E-state index contributed by atoms with van der Waals surface area (Å²) < 4.78 is 0. The van der Waals surface area contributed by atoms with Crippen LogP contribution in [0.4, 0.5) is 0 Å². The molecule has 2 heteroatoms. The molecule has 0 heterocycles. The molecule has 112 valence electrons. The van der Waals surface area contributed by atoms with E-state index < -0.39 is 0 Å². The number of rotatable bonds is 2. The normalized spacial score (nSPS) is 9.64. The summed E-state index contributed by atoms with van der Waals surface area (Å²) in [4.78, 5) is 0. The van der Waals surface area contributed by atoms with Crippen molar-refractivity contribution in [1.29, 1.82) is 10.5 Å². The lowest BCUT2D eigenvalue weighted by Crippen LogP contribution is -1.90. The van der Waals surface area contributed by atoms with Crippen molar-refractivity contribution in [1.82, 2.24) is 0 Å². The average Bonchev–Trinajstić information content (AvgIpc) is 2.55. The Morgan fingerprint density at radius 3 is 1.95 bits per heavy atom. The van der Waals surface area contributed by atoms with Gasteiger partial charge in [0.15, 0.2) is 0 Å². The van der Waals surface area contributed by atoms with Gasteiger partial charge in [0.1, 0.15) is 0 Å². The summed E-state index contributed by atoms with van der Waals surface area (Å²) in [7, 11) is 0. The van der Waals surface area contributed by atoms with E-state index in [1.807, 2.05) is 48.5 Å². The molecule has 0 radical (unpaired) electrons. The fraction of sp³-hybridized carbons (Fsp3) is 0.300. The molecule has 0 saturated heterocycles. The lowest BCUT2D eigenvalue weighted by molar-refractivity contribution is 0.862. The van der Waals surface area contributed by atoms with Crippen LogP contribution in [-0.2, 0) is 0 Å². The summed E-state index contributed by atoms with van der Waals surface area (Å²) in [6.45, 7) is 8.43. The zero-order chi connectivity index (χ0) is 16.5. The molecule has 2 rings (SSSR count). The van der Waals surface area contributed by atoms with Crippen LogP contribution in [0.3, 0.4) is 0 Å². The van der Waals surface area contributed by atoms with Gasteiger partial charge in [-0.05, 0) is 41.2 Å². The van der Waals surface area contributed by atoms with Crippen LogP contribution in [0.5, 0.6) is 0 Å². The Kier molecular flexibility index (Phi) is 6.87. The zero-order valence-corrected chi connectivity index (χ0v) is 13.7. The number of nitriles is 2. The molecule has 0 atom stereocenters. The maximum Gasteiger partial charge on any atom is 0.0994 e. The van der Waals surface area contributed by atoms with Crippen LogP contribution >= 0.6 is 0 Å². The van der Waals surface area contributed by atoms with E-state index >= 15 is 0 Å². The Morgan fingerprint density at radius 2 is 1.45 bits per heavy atom. The van der Waals surface area contributed by atoms with Gasteiger partial charge in [-0.2, -0.15) is 10.5 Å². The van der Waals surface area contributed by atoms with E-state index in [1.54, 1.807) is 0 Å². The largest absolute Gasteiger partial charge is 0.192 e. The van der Waals surface area contributed by atoms with E-state index in [4.69, 9.17) is 10.5 Å². The van der Waals surface area contributed by atoms with Crippen molar-refractivity contribution in [3.63, 3.8) is 0 Å². The summed E-state index contributed by atoms with van der Waals surface area (Å²) >= 11 is 0. The van der Waals surface area contributed by atoms with Crippen LogP contribution < -0.4 is 0 Å². The Labute approximate surface area is 133 Å². The van der Waals surface area contributed by atoms with Crippen LogP contribution in [0.15, 0.2) is 48.5 Å². The fourth-order valence-electron chi connectivity index (χ4n) is 2.07. The quantitative estimate of drug-likeness (QED) is 0.747. The summed E-state index contributed by atoms with van der Waals surface area (Å²) in [6.07, 6.45) is 0. The number of benzene rings is 2. The van der Waals surface area contributed by atoms with Crippen molar-refractivity contribution in [3.8, 4) is 12.1 Å². The third-order valence-electron chi connectivity index (χ3n) is 3.39. The summed E-state index contributed by atoms with van der Waals surface area (Å²) in [6, 6.07) is 19.8. The minimum atomic E-state index is 0.436. The molecule has 2 nitrogen and oxygen atoms in total. The first-order chi connectivity index (χ1) is 10.5. The van der Waals surface area contributed by atoms with Crippen LogP contribution in [0.25, 0.3) is 0 Å². The van der Waals surface area contributed by atoms with Crippen LogP contribution in [0.2, 0.25) is 0 Å². The van der Waals surface area contributed by atoms with E-state index in [9.17, 15) is 0 Å². The Bertz CT molecular complexity index is 685. The van der Waals surface area contributed by atoms with Gasteiger partial charge in [-0.25, -0.2) is 0 Å².